The van der Waals surface area contributed by atoms with E-state index in [1.165, 1.54) is 11.0 Å². The molecule has 1 aromatic carbocycles. The van der Waals surface area contributed by atoms with E-state index in [1.54, 1.807) is 20.8 Å². The highest BCUT2D eigenvalue weighted by Gasteiger charge is 2.37. The number of hydrogen-bond acceptors (Lipinski definition) is 5. The van der Waals surface area contributed by atoms with Crippen molar-refractivity contribution in [2.45, 2.75) is 90.4 Å². The Labute approximate surface area is 209 Å². The lowest BCUT2D eigenvalue weighted by molar-refractivity contribution is -0.143. The minimum atomic E-state index is -1.28. The van der Waals surface area contributed by atoms with Crippen LogP contribution in [0.5, 0.6) is 0 Å². The predicted molar refractivity (Wildman–Crippen MR) is 136 cm³/mol. The number of carbonyl (C=O) groups excluding carboxylic acids is 3. The summed E-state index contributed by atoms with van der Waals surface area (Å²) in [6.07, 6.45) is 5.78. The molecule has 3 N–H and O–H groups in total. The van der Waals surface area contributed by atoms with E-state index in [0.717, 1.165) is 43.2 Å². The molecular formula is C27H41N3O5. The van der Waals surface area contributed by atoms with Crippen molar-refractivity contribution in [2.75, 3.05) is 13.2 Å². The van der Waals surface area contributed by atoms with E-state index in [4.69, 9.17) is 4.74 Å². The largest absolute Gasteiger partial charge is 0.444 e. The maximum absolute atomic E-state index is 13.7. The smallest absolute Gasteiger partial charge is 0.408 e. The van der Waals surface area contributed by atoms with E-state index in [-0.39, 0.29) is 18.5 Å². The van der Waals surface area contributed by atoms with Gasteiger partial charge in [0.1, 0.15) is 17.7 Å². The van der Waals surface area contributed by atoms with Crippen molar-refractivity contribution in [1.82, 2.24) is 15.5 Å². The Kier molecular flexibility index (Phi) is 10.3. The third kappa shape index (κ3) is 8.38. The number of benzene rings is 1. The highest BCUT2D eigenvalue weighted by atomic mass is 16.6. The Morgan fingerprint density at radius 1 is 1.20 bits per heavy atom. The monoisotopic (exact) mass is 487 g/mol. The van der Waals surface area contributed by atoms with Gasteiger partial charge in [-0.05, 0) is 58.6 Å². The first-order valence-corrected chi connectivity index (χ1v) is 12.4. The van der Waals surface area contributed by atoms with E-state index in [1.807, 2.05) is 32.0 Å². The van der Waals surface area contributed by atoms with Crippen molar-refractivity contribution < 1.29 is 24.2 Å². The molecular weight excluding hydrogens is 446 g/mol. The second kappa shape index (κ2) is 12.7. The van der Waals surface area contributed by atoms with Gasteiger partial charge in [-0.3, -0.25) is 9.59 Å². The molecule has 0 spiro atoms. The molecule has 194 valence electrons. The maximum atomic E-state index is 13.7. The maximum Gasteiger partial charge on any atom is 0.408 e. The first-order valence-electron chi connectivity index (χ1n) is 12.4. The van der Waals surface area contributed by atoms with Crippen molar-refractivity contribution in [2.24, 2.45) is 0 Å². The van der Waals surface area contributed by atoms with Crippen molar-refractivity contribution in [3.05, 3.63) is 47.5 Å². The van der Waals surface area contributed by atoms with Crippen molar-refractivity contribution in [1.29, 1.82) is 0 Å². The fraction of sp³-hybridized carbons (Fsp3) is 0.593. The van der Waals surface area contributed by atoms with E-state index in [0.29, 0.717) is 5.56 Å². The average molecular weight is 488 g/mol. The molecule has 35 heavy (non-hydrogen) atoms. The molecule has 0 radical (unpaired) electrons. The van der Waals surface area contributed by atoms with E-state index < -0.39 is 36.3 Å². The standard InChI is InChI=1S/C27H41N3O5/c1-7-15-30(25(33)22(17-31)29-26(34)35-27(4,5)6)23(21-14-13-18(2)16-19(21)3)24(32)28-20-11-9-8-10-12-20/h7,13-14,16,20,22-23,31H,1,8-12,15,17H2,2-6H3,(H,28,32)(H,29,34). The van der Waals surface area contributed by atoms with Crippen LogP contribution in [0.2, 0.25) is 0 Å². The zero-order valence-corrected chi connectivity index (χ0v) is 21.7. The molecule has 1 saturated carbocycles. The first kappa shape index (κ1) is 28.4. The van der Waals surface area contributed by atoms with Gasteiger partial charge >= 0.3 is 6.09 Å². The molecule has 8 heteroatoms. The van der Waals surface area contributed by atoms with Crippen LogP contribution in [0.1, 0.15) is 75.6 Å². The zero-order valence-electron chi connectivity index (χ0n) is 21.7. The quantitative estimate of drug-likeness (QED) is 0.461. The summed E-state index contributed by atoms with van der Waals surface area (Å²) in [6.45, 7) is 12.2. The lowest BCUT2D eigenvalue weighted by Crippen LogP contribution is -2.55. The summed E-state index contributed by atoms with van der Waals surface area (Å²) in [7, 11) is 0. The van der Waals surface area contributed by atoms with Gasteiger partial charge in [-0.25, -0.2) is 4.79 Å². The fourth-order valence-corrected chi connectivity index (χ4v) is 4.41. The van der Waals surface area contributed by atoms with Crippen molar-refractivity contribution in [3.63, 3.8) is 0 Å². The number of aryl methyl sites for hydroxylation is 2. The predicted octanol–water partition coefficient (Wildman–Crippen LogP) is 3.69. The minimum absolute atomic E-state index is 0.0544. The number of aliphatic hydroxyl groups excluding tert-OH is 1. The summed E-state index contributed by atoms with van der Waals surface area (Å²) < 4.78 is 5.25. The molecule has 2 rings (SSSR count). The summed E-state index contributed by atoms with van der Waals surface area (Å²) in [5.74, 6) is -0.880. The Morgan fingerprint density at radius 3 is 2.40 bits per heavy atom. The van der Waals surface area contributed by atoms with Crippen LogP contribution in [0.4, 0.5) is 4.79 Å². The van der Waals surface area contributed by atoms with Crippen LogP contribution in [0.3, 0.4) is 0 Å². The molecule has 8 nitrogen and oxygen atoms in total. The van der Waals surface area contributed by atoms with Gasteiger partial charge < -0.3 is 25.4 Å². The molecule has 0 bridgehead atoms. The number of aliphatic hydroxyl groups is 1. The van der Waals surface area contributed by atoms with Crippen LogP contribution in [-0.2, 0) is 14.3 Å². The Hall–Kier alpha value is -2.87. The van der Waals surface area contributed by atoms with Crippen molar-refractivity contribution >= 4 is 17.9 Å². The third-order valence-corrected chi connectivity index (χ3v) is 6.01. The number of amides is 3. The van der Waals surface area contributed by atoms with Gasteiger partial charge in [0.2, 0.25) is 11.8 Å². The van der Waals surface area contributed by atoms with E-state index in [2.05, 4.69) is 17.2 Å². The second-order valence-electron chi connectivity index (χ2n) is 10.3. The SMILES string of the molecule is C=CCN(C(=O)C(CO)NC(=O)OC(C)(C)C)C(C(=O)NC1CCCCC1)c1ccc(C)cc1C. The van der Waals surface area contributed by atoms with Crippen LogP contribution in [0.15, 0.2) is 30.9 Å². The number of nitrogens with zero attached hydrogens (tertiary/aromatic N) is 1. The average Bonchev–Trinajstić information content (AvgIpc) is 2.77. The van der Waals surface area contributed by atoms with Gasteiger partial charge in [0.25, 0.3) is 0 Å². The van der Waals surface area contributed by atoms with Gasteiger partial charge in [-0.2, -0.15) is 0 Å². The van der Waals surface area contributed by atoms with Gasteiger partial charge in [0.05, 0.1) is 6.61 Å². The molecule has 1 aromatic rings. The molecule has 0 aliphatic heterocycles. The Balaban J connectivity index is 2.41. The van der Waals surface area contributed by atoms with E-state index >= 15 is 0 Å². The number of nitrogens with one attached hydrogen (secondary N) is 2. The van der Waals surface area contributed by atoms with E-state index in [9.17, 15) is 19.5 Å². The molecule has 0 aromatic heterocycles. The molecule has 0 saturated heterocycles. The topological polar surface area (TPSA) is 108 Å². The first-order chi connectivity index (χ1) is 16.5. The summed E-state index contributed by atoms with van der Waals surface area (Å²) in [4.78, 5) is 41.0. The lowest BCUT2D eigenvalue weighted by atomic mass is 9.93. The summed E-state index contributed by atoms with van der Waals surface area (Å²) in [6, 6.07) is 3.56. The highest BCUT2D eigenvalue weighted by Crippen LogP contribution is 2.28. The van der Waals surface area contributed by atoms with Crippen LogP contribution in [-0.4, -0.2) is 58.8 Å². The molecule has 1 fully saturated rings. The molecule has 0 heterocycles. The fourth-order valence-electron chi connectivity index (χ4n) is 4.41. The molecule has 1 aliphatic rings. The number of rotatable bonds is 9. The molecule has 2 atom stereocenters. The Morgan fingerprint density at radius 2 is 1.86 bits per heavy atom. The van der Waals surface area contributed by atoms with Gasteiger partial charge in [-0.1, -0.05) is 49.1 Å². The number of alkyl carbamates (subject to hydrolysis) is 1. The molecule has 2 unspecified atom stereocenters. The van der Waals surface area contributed by atoms with Crippen LogP contribution in [0.25, 0.3) is 0 Å². The third-order valence-electron chi connectivity index (χ3n) is 6.01. The zero-order chi connectivity index (χ0) is 26.2. The van der Waals surface area contributed by atoms with Crippen LogP contribution in [0, 0.1) is 13.8 Å². The summed E-state index contributed by atoms with van der Waals surface area (Å²) in [5, 5.41) is 15.5. The lowest BCUT2D eigenvalue weighted by Gasteiger charge is -2.35. The number of hydrogen-bond donors (Lipinski definition) is 3. The van der Waals surface area contributed by atoms with Gasteiger partial charge in [0.15, 0.2) is 0 Å². The highest BCUT2D eigenvalue weighted by molar-refractivity contribution is 5.92. The molecule has 1 aliphatic carbocycles. The number of ether oxygens (including phenoxy) is 1. The Bertz CT molecular complexity index is 903. The van der Waals surface area contributed by atoms with Crippen molar-refractivity contribution in [3.8, 4) is 0 Å². The van der Waals surface area contributed by atoms with Gasteiger partial charge in [0, 0.05) is 12.6 Å². The van der Waals surface area contributed by atoms with Crippen LogP contribution >= 0.6 is 0 Å². The summed E-state index contributed by atoms with van der Waals surface area (Å²) in [5.41, 5.74) is 1.83. The van der Waals surface area contributed by atoms with Gasteiger partial charge in [-0.15, -0.1) is 6.58 Å². The summed E-state index contributed by atoms with van der Waals surface area (Å²) >= 11 is 0. The van der Waals surface area contributed by atoms with Crippen LogP contribution < -0.4 is 10.6 Å². The number of carbonyl (C=O) groups is 3. The second-order valence-corrected chi connectivity index (χ2v) is 10.3. The normalized spacial score (nSPS) is 16.1. The minimum Gasteiger partial charge on any atom is -0.444 e. The molecule has 3 amide bonds.